The van der Waals surface area contributed by atoms with E-state index in [0.717, 1.165) is 36.3 Å². The molecule has 1 amide bonds. The predicted octanol–water partition coefficient (Wildman–Crippen LogP) is 4.55. The molecule has 0 radical (unpaired) electrons. The molecule has 33 heavy (non-hydrogen) atoms. The highest BCUT2D eigenvalue weighted by Crippen LogP contribution is 2.23. The van der Waals surface area contributed by atoms with Crippen LogP contribution in [0.5, 0.6) is 0 Å². The number of aryl methyl sites for hydroxylation is 1. The van der Waals surface area contributed by atoms with E-state index >= 15 is 0 Å². The van der Waals surface area contributed by atoms with E-state index in [4.69, 9.17) is 0 Å². The molecule has 2 aromatic carbocycles. The fourth-order valence-corrected chi connectivity index (χ4v) is 4.21. The van der Waals surface area contributed by atoms with E-state index in [9.17, 15) is 13.6 Å². The number of hydrogen-bond donors (Lipinski definition) is 0. The molecule has 4 aromatic rings. The molecule has 1 fully saturated rings. The second kappa shape index (κ2) is 8.75. The van der Waals surface area contributed by atoms with Gasteiger partial charge in [0.15, 0.2) is 0 Å². The van der Waals surface area contributed by atoms with Crippen molar-refractivity contribution in [3.05, 3.63) is 95.4 Å². The number of imidazole rings is 1. The van der Waals surface area contributed by atoms with Crippen LogP contribution in [0.3, 0.4) is 0 Å². The second-order valence-corrected chi connectivity index (χ2v) is 8.47. The van der Waals surface area contributed by atoms with Crippen molar-refractivity contribution in [2.45, 2.75) is 13.5 Å². The number of piperazine rings is 1. The maximum Gasteiger partial charge on any atom is 0.274 e. The lowest BCUT2D eigenvalue weighted by Crippen LogP contribution is -2.48. The van der Waals surface area contributed by atoms with Gasteiger partial charge in [-0.15, -0.1) is 0 Å². The third kappa shape index (κ3) is 4.50. The molecule has 0 aliphatic carbocycles. The normalized spacial score (nSPS) is 14.7. The minimum absolute atomic E-state index is 0.0840. The Bertz CT molecular complexity index is 1310. The fraction of sp³-hybridized carbons (Fsp3) is 0.231. The number of rotatable bonds is 4. The van der Waals surface area contributed by atoms with Crippen molar-refractivity contribution in [1.29, 1.82) is 0 Å². The smallest absolute Gasteiger partial charge is 0.274 e. The highest BCUT2D eigenvalue weighted by Gasteiger charge is 2.24. The van der Waals surface area contributed by atoms with Crippen molar-refractivity contribution in [3.8, 4) is 11.1 Å². The van der Waals surface area contributed by atoms with Crippen LogP contribution in [-0.2, 0) is 6.54 Å². The third-order valence-electron chi connectivity index (χ3n) is 6.14. The molecule has 0 unspecified atom stereocenters. The van der Waals surface area contributed by atoms with E-state index in [2.05, 4.69) is 9.88 Å². The van der Waals surface area contributed by atoms with Crippen LogP contribution in [0.15, 0.2) is 67.0 Å². The first-order valence-electron chi connectivity index (χ1n) is 11.0. The van der Waals surface area contributed by atoms with E-state index in [1.807, 2.05) is 33.7 Å². The summed E-state index contributed by atoms with van der Waals surface area (Å²) in [6, 6.07) is 15.4. The SMILES string of the molecule is Cc1cc(-c2ccc3nc(C(=O)N4CCN(Cc5ccc(F)cc5)CC4)cn3c2)ccc1F. The molecule has 3 heterocycles. The van der Waals surface area contributed by atoms with Gasteiger partial charge in [-0.25, -0.2) is 13.8 Å². The summed E-state index contributed by atoms with van der Waals surface area (Å²) in [5.74, 6) is -0.547. The number of fused-ring (bicyclic) bond motifs is 1. The molecular formula is C26H24F2N4O. The Morgan fingerprint density at radius 1 is 0.909 bits per heavy atom. The van der Waals surface area contributed by atoms with Crippen molar-refractivity contribution < 1.29 is 13.6 Å². The van der Waals surface area contributed by atoms with Crippen LogP contribution < -0.4 is 0 Å². The lowest BCUT2D eigenvalue weighted by atomic mass is 10.1. The monoisotopic (exact) mass is 446 g/mol. The van der Waals surface area contributed by atoms with Gasteiger partial charge in [-0.2, -0.15) is 0 Å². The van der Waals surface area contributed by atoms with Gasteiger partial charge in [0.05, 0.1) is 0 Å². The second-order valence-electron chi connectivity index (χ2n) is 8.47. The van der Waals surface area contributed by atoms with Crippen molar-refractivity contribution in [2.75, 3.05) is 26.2 Å². The lowest BCUT2D eigenvalue weighted by molar-refractivity contribution is 0.0623. The summed E-state index contributed by atoms with van der Waals surface area (Å²) in [6.07, 6.45) is 3.66. The van der Waals surface area contributed by atoms with Gasteiger partial charge in [0.25, 0.3) is 5.91 Å². The molecule has 0 spiro atoms. The molecule has 1 aliphatic heterocycles. The number of aromatic nitrogens is 2. The zero-order valence-electron chi connectivity index (χ0n) is 18.3. The zero-order valence-corrected chi connectivity index (χ0v) is 18.3. The molecular weight excluding hydrogens is 422 g/mol. The third-order valence-corrected chi connectivity index (χ3v) is 6.14. The van der Waals surface area contributed by atoms with Gasteiger partial charge in [-0.3, -0.25) is 9.69 Å². The summed E-state index contributed by atoms with van der Waals surface area (Å²) in [5.41, 5.74) is 4.59. The molecule has 168 valence electrons. The molecule has 5 nitrogen and oxygen atoms in total. The van der Waals surface area contributed by atoms with Crippen LogP contribution in [0.1, 0.15) is 21.6 Å². The minimum atomic E-state index is -0.235. The molecule has 5 rings (SSSR count). The maximum atomic E-state index is 13.6. The summed E-state index contributed by atoms with van der Waals surface area (Å²) in [6.45, 7) is 5.23. The summed E-state index contributed by atoms with van der Waals surface area (Å²) in [7, 11) is 0. The number of carbonyl (C=O) groups excluding carboxylic acids is 1. The van der Waals surface area contributed by atoms with Gasteiger partial charge < -0.3 is 9.30 Å². The average Bonchev–Trinajstić information content (AvgIpc) is 3.26. The molecule has 0 N–H and O–H groups in total. The standard InChI is InChI=1S/C26H24F2N4O/c1-18-14-20(4-8-23(18)28)21-5-9-25-29-24(17-32(25)16-21)26(33)31-12-10-30(11-13-31)15-19-2-6-22(27)7-3-19/h2-9,14,16-17H,10-13,15H2,1H3. The zero-order chi connectivity index (χ0) is 22.9. The van der Waals surface area contributed by atoms with E-state index in [1.165, 1.54) is 18.2 Å². The molecule has 7 heteroatoms. The quantitative estimate of drug-likeness (QED) is 0.462. The van der Waals surface area contributed by atoms with Gasteiger partial charge in [0.1, 0.15) is 23.0 Å². The number of halogens is 2. The maximum absolute atomic E-state index is 13.6. The largest absolute Gasteiger partial charge is 0.335 e. The van der Waals surface area contributed by atoms with Crippen LogP contribution in [0.4, 0.5) is 8.78 Å². The van der Waals surface area contributed by atoms with Gasteiger partial charge in [0.2, 0.25) is 0 Å². The number of benzene rings is 2. The fourth-order valence-electron chi connectivity index (χ4n) is 4.21. The predicted molar refractivity (Wildman–Crippen MR) is 123 cm³/mol. The Morgan fingerprint density at radius 3 is 2.36 bits per heavy atom. The van der Waals surface area contributed by atoms with E-state index in [1.54, 1.807) is 31.3 Å². The van der Waals surface area contributed by atoms with Crippen molar-refractivity contribution >= 4 is 11.6 Å². The molecule has 0 atom stereocenters. The Hall–Kier alpha value is -3.58. The van der Waals surface area contributed by atoms with Crippen LogP contribution in [0.25, 0.3) is 16.8 Å². The number of nitrogens with zero attached hydrogens (tertiary/aromatic N) is 4. The number of hydrogen-bond acceptors (Lipinski definition) is 3. The Labute approximate surface area is 190 Å². The van der Waals surface area contributed by atoms with Crippen molar-refractivity contribution in [1.82, 2.24) is 19.2 Å². The van der Waals surface area contributed by atoms with Gasteiger partial charge in [-0.05, 0) is 65.6 Å². The first-order valence-corrected chi connectivity index (χ1v) is 11.0. The molecule has 1 saturated heterocycles. The van der Waals surface area contributed by atoms with Gasteiger partial charge >= 0.3 is 0 Å². The highest BCUT2D eigenvalue weighted by atomic mass is 19.1. The van der Waals surface area contributed by atoms with Crippen LogP contribution in [-0.4, -0.2) is 51.3 Å². The van der Waals surface area contributed by atoms with Gasteiger partial charge in [0, 0.05) is 45.1 Å². The number of amides is 1. The highest BCUT2D eigenvalue weighted by molar-refractivity contribution is 5.93. The lowest BCUT2D eigenvalue weighted by Gasteiger charge is -2.34. The van der Waals surface area contributed by atoms with Crippen LogP contribution >= 0.6 is 0 Å². The summed E-state index contributed by atoms with van der Waals surface area (Å²) in [5, 5.41) is 0. The van der Waals surface area contributed by atoms with Gasteiger partial charge in [-0.1, -0.05) is 18.2 Å². The minimum Gasteiger partial charge on any atom is -0.335 e. The van der Waals surface area contributed by atoms with Crippen LogP contribution in [0.2, 0.25) is 0 Å². The Kier molecular flexibility index (Phi) is 5.64. The molecule has 1 aliphatic rings. The Morgan fingerprint density at radius 2 is 1.64 bits per heavy atom. The number of pyridine rings is 1. The molecule has 0 bridgehead atoms. The topological polar surface area (TPSA) is 40.9 Å². The number of carbonyl (C=O) groups is 1. The summed E-state index contributed by atoms with van der Waals surface area (Å²) >= 11 is 0. The van der Waals surface area contributed by atoms with Crippen molar-refractivity contribution in [3.63, 3.8) is 0 Å². The Balaban J connectivity index is 1.27. The van der Waals surface area contributed by atoms with Crippen molar-refractivity contribution in [2.24, 2.45) is 0 Å². The molecule has 2 aromatic heterocycles. The summed E-state index contributed by atoms with van der Waals surface area (Å²) in [4.78, 5) is 21.7. The van der Waals surface area contributed by atoms with E-state index in [0.29, 0.717) is 30.0 Å². The molecule has 0 saturated carbocycles. The van der Waals surface area contributed by atoms with E-state index in [-0.39, 0.29) is 17.5 Å². The first kappa shape index (κ1) is 21.3. The van der Waals surface area contributed by atoms with E-state index < -0.39 is 0 Å². The van der Waals surface area contributed by atoms with Crippen LogP contribution in [0, 0.1) is 18.6 Å². The summed E-state index contributed by atoms with van der Waals surface area (Å²) < 4.78 is 28.6. The average molecular weight is 447 g/mol. The first-order chi connectivity index (χ1) is 16.0.